The number of rotatable bonds is 16. The van der Waals surface area contributed by atoms with Crippen LogP contribution in [-0.2, 0) is 25.6 Å². The molecular weight excluding hydrogens is 699 g/mol. The summed E-state index contributed by atoms with van der Waals surface area (Å²) in [6.45, 7) is 4.97. The van der Waals surface area contributed by atoms with E-state index >= 15 is 0 Å². The highest BCUT2D eigenvalue weighted by Gasteiger charge is 2.44. The first-order valence-electron chi connectivity index (χ1n) is 16.6. The number of nitrogens with two attached hydrogens (primary N) is 1. The fraction of sp³-hybridized carbons (Fsp3) is 0.378. The Bertz CT molecular complexity index is 1610. The van der Waals surface area contributed by atoms with Gasteiger partial charge in [0.1, 0.15) is 12.1 Å². The van der Waals surface area contributed by atoms with Crippen molar-refractivity contribution in [2.24, 2.45) is 5.73 Å². The first-order valence-corrected chi connectivity index (χ1v) is 17.8. The van der Waals surface area contributed by atoms with Crippen molar-refractivity contribution in [3.05, 3.63) is 90.0 Å². The third kappa shape index (κ3) is 14.8. The van der Waals surface area contributed by atoms with Crippen LogP contribution in [0, 0.1) is 0 Å². The number of hydrogen-bond acceptors (Lipinski definition) is 7. The Hall–Kier alpha value is -4.89. The van der Waals surface area contributed by atoms with Crippen LogP contribution < -0.4 is 27.0 Å². The van der Waals surface area contributed by atoms with E-state index in [9.17, 15) is 42.3 Å². The molecule has 3 aromatic rings. The molecule has 0 heterocycles. The molecule has 3 rings (SSSR count). The molecule has 52 heavy (non-hydrogen) atoms. The van der Waals surface area contributed by atoms with E-state index < -0.39 is 79.3 Å². The van der Waals surface area contributed by atoms with Crippen molar-refractivity contribution in [3.63, 3.8) is 0 Å². The molecule has 0 aliphatic carbocycles. The molecule has 0 spiro atoms. The molecule has 15 heteroatoms. The van der Waals surface area contributed by atoms with Crippen molar-refractivity contribution in [2.45, 2.75) is 81.8 Å². The second-order valence-corrected chi connectivity index (χ2v) is 12.7. The summed E-state index contributed by atoms with van der Waals surface area (Å²) in [5, 5.41) is 19.1. The van der Waals surface area contributed by atoms with Gasteiger partial charge in [-0.2, -0.15) is 13.2 Å². The van der Waals surface area contributed by atoms with Gasteiger partial charge < -0.3 is 32.1 Å². The molecule has 3 aromatic carbocycles. The van der Waals surface area contributed by atoms with Gasteiger partial charge in [0, 0.05) is 23.3 Å². The van der Waals surface area contributed by atoms with E-state index in [0.717, 1.165) is 16.0 Å². The van der Waals surface area contributed by atoms with Crippen LogP contribution >= 0.6 is 11.8 Å². The normalized spacial score (nSPS) is 13.2. The third-order valence-corrected chi connectivity index (χ3v) is 8.16. The Balaban J connectivity index is 0.00000301. The molecule has 0 saturated heterocycles. The van der Waals surface area contributed by atoms with E-state index in [1.807, 2.05) is 35.8 Å². The number of carbonyl (C=O) groups is 5. The molecule has 7 N–H and O–H groups in total. The summed E-state index contributed by atoms with van der Waals surface area (Å²) in [6, 6.07) is 18.8. The number of thioether (sulfide) groups is 1. The molecule has 0 radical (unpaired) electrons. The lowest BCUT2D eigenvalue weighted by Crippen LogP contribution is -2.57. The number of primary amides is 1. The molecule has 5 amide bonds. The summed E-state index contributed by atoms with van der Waals surface area (Å²) in [4.78, 5) is 63.9. The summed E-state index contributed by atoms with van der Waals surface area (Å²) in [7, 11) is 0. The highest BCUT2D eigenvalue weighted by molar-refractivity contribution is 7.98. The van der Waals surface area contributed by atoms with Crippen molar-refractivity contribution in [2.75, 3.05) is 12.8 Å². The van der Waals surface area contributed by atoms with Gasteiger partial charge in [0.05, 0.1) is 12.6 Å². The summed E-state index contributed by atoms with van der Waals surface area (Å²) in [5.41, 5.74) is 7.84. The molecule has 0 saturated carbocycles. The molecule has 0 aliphatic heterocycles. The fourth-order valence-corrected chi connectivity index (χ4v) is 5.09. The van der Waals surface area contributed by atoms with Crippen molar-refractivity contribution in [3.8, 4) is 11.1 Å². The minimum Gasteiger partial charge on any atom is -0.382 e. The third-order valence-electron chi connectivity index (χ3n) is 7.41. The van der Waals surface area contributed by atoms with E-state index in [1.54, 1.807) is 66.4 Å². The maximum atomic E-state index is 13.3. The Morgan fingerprint density at radius 3 is 1.90 bits per heavy atom. The molecule has 282 valence electrons. The monoisotopic (exact) mass is 745 g/mol. The van der Waals surface area contributed by atoms with Gasteiger partial charge >= 0.3 is 6.18 Å². The van der Waals surface area contributed by atoms with Crippen LogP contribution in [0.1, 0.15) is 56.0 Å². The zero-order valence-electron chi connectivity index (χ0n) is 29.5. The van der Waals surface area contributed by atoms with Gasteiger partial charge in [-0.1, -0.05) is 74.9 Å². The maximum absolute atomic E-state index is 13.3. The van der Waals surface area contributed by atoms with Crippen LogP contribution in [0.15, 0.2) is 83.8 Å². The van der Waals surface area contributed by atoms with Gasteiger partial charge in [0.15, 0.2) is 6.10 Å². The van der Waals surface area contributed by atoms with Gasteiger partial charge in [0.25, 0.3) is 5.91 Å². The van der Waals surface area contributed by atoms with Gasteiger partial charge in [-0.25, -0.2) is 0 Å². The van der Waals surface area contributed by atoms with Gasteiger partial charge in [-0.15, -0.1) is 11.8 Å². The average molecular weight is 746 g/mol. The fourth-order valence-electron chi connectivity index (χ4n) is 4.69. The molecule has 0 aliphatic rings. The zero-order valence-corrected chi connectivity index (χ0v) is 30.3. The van der Waals surface area contributed by atoms with Crippen LogP contribution in [0.3, 0.4) is 0 Å². The number of aliphatic hydroxyl groups excluding tert-OH is 1. The summed E-state index contributed by atoms with van der Waals surface area (Å²) in [5.74, 6) is -4.09. The largest absolute Gasteiger partial charge is 0.416 e. The van der Waals surface area contributed by atoms with Crippen LogP contribution in [0.2, 0.25) is 0 Å². The van der Waals surface area contributed by atoms with Crippen molar-refractivity contribution in [1.29, 1.82) is 0 Å². The number of alkyl halides is 3. The second-order valence-electron chi connectivity index (χ2n) is 11.8. The minimum atomic E-state index is -5.10. The number of benzene rings is 3. The summed E-state index contributed by atoms with van der Waals surface area (Å²) >= 11 is 1.63. The molecule has 2 unspecified atom stereocenters. The highest BCUT2D eigenvalue weighted by Crippen LogP contribution is 2.25. The summed E-state index contributed by atoms with van der Waals surface area (Å²) < 4.78 is 39.5. The van der Waals surface area contributed by atoms with E-state index in [2.05, 4.69) is 29.8 Å². The average Bonchev–Trinajstić information content (AvgIpc) is 3.12. The number of halogens is 3. The topological polar surface area (TPSA) is 180 Å². The van der Waals surface area contributed by atoms with Crippen LogP contribution in [0.5, 0.6) is 0 Å². The van der Waals surface area contributed by atoms with Crippen LogP contribution in [-0.4, -0.2) is 77.8 Å². The Morgan fingerprint density at radius 1 is 0.827 bits per heavy atom. The molecule has 0 bridgehead atoms. The molecule has 4 atom stereocenters. The van der Waals surface area contributed by atoms with Gasteiger partial charge in [-0.05, 0) is 60.6 Å². The van der Waals surface area contributed by atoms with E-state index in [0.29, 0.717) is 11.1 Å². The maximum Gasteiger partial charge on any atom is 0.416 e. The first kappa shape index (κ1) is 43.3. The Morgan fingerprint density at radius 2 is 1.38 bits per heavy atom. The summed E-state index contributed by atoms with van der Waals surface area (Å²) in [6.07, 6.45) is -6.03. The minimum absolute atomic E-state index is 0.0197. The van der Waals surface area contributed by atoms with Crippen molar-refractivity contribution in [1.82, 2.24) is 21.3 Å². The second kappa shape index (κ2) is 21.5. The van der Waals surface area contributed by atoms with Gasteiger partial charge in [-0.3, -0.25) is 24.0 Å². The van der Waals surface area contributed by atoms with Crippen molar-refractivity contribution < 1.29 is 42.3 Å². The quantitative estimate of drug-likeness (QED) is 0.119. The van der Waals surface area contributed by atoms with Crippen molar-refractivity contribution >= 4 is 41.3 Å². The molecular formula is C37H46F3N5O6S. The number of hydrogen-bond donors (Lipinski definition) is 6. The standard InChI is InChI=1S/C34H38F3N5O6S.C3H8/c1-20(31(46)42-26(16-17-28(38)43)30(45)34(35,36)37)40-33(48)27(18-21-6-4-3-5-7-21)41-29(44)19-39-32(47)24-10-8-22(9-11-24)23-12-14-25(49-2)15-13-23;1-3-2/h3-15,20,26-27,30,45H,16-19H2,1-2H3,(H2,38,43)(H,39,47)(H,40,48)(H,41,44)(H,42,46);3H2,1-2H3/t20-,26?,27-,30?;/m0./s1. The smallest absolute Gasteiger partial charge is 0.382 e. The van der Waals surface area contributed by atoms with E-state index in [1.165, 1.54) is 13.3 Å². The highest BCUT2D eigenvalue weighted by atomic mass is 32.2. The number of aliphatic hydroxyl groups is 1. The van der Waals surface area contributed by atoms with Crippen LogP contribution in [0.25, 0.3) is 11.1 Å². The molecule has 0 fully saturated rings. The predicted octanol–water partition coefficient (Wildman–Crippen LogP) is 4.13. The van der Waals surface area contributed by atoms with E-state index in [-0.39, 0.29) is 6.42 Å². The number of carbonyl (C=O) groups excluding carboxylic acids is 5. The lowest BCUT2D eigenvalue weighted by atomic mass is 10.0. The van der Waals surface area contributed by atoms with E-state index in [4.69, 9.17) is 5.73 Å². The molecule has 0 aromatic heterocycles. The van der Waals surface area contributed by atoms with Gasteiger partial charge in [0.2, 0.25) is 23.6 Å². The number of nitrogens with one attached hydrogen (secondary N) is 4. The lowest BCUT2D eigenvalue weighted by molar-refractivity contribution is -0.212. The number of amides is 5. The first-order chi connectivity index (χ1) is 24.6. The predicted molar refractivity (Wildman–Crippen MR) is 194 cm³/mol. The Labute approximate surface area is 305 Å². The zero-order chi connectivity index (χ0) is 38.8. The molecule has 11 nitrogen and oxygen atoms in total. The SMILES string of the molecule is CCC.CSc1ccc(-c2ccc(C(=O)NCC(=O)N[C@@H](Cc3ccccc3)C(=O)N[C@@H](C)C(=O)NC(CCC(N)=O)C(O)C(F)(F)F)cc2)cc1. The Kier molecular flexibility index (Phi) is 17.9. The van der Waals surface area contributed by atoms with Crippen LogP contribution in [0.4, 0.5) is 13.2 Å². The lowest BCUT2D eigenvalue weighted by Gasteiger charge is -2.27.